The molecule has 1 aromatic carbocycles. The van der Waals surface area contributed by atoms with Gasteiger partial charge in [-0.15, -0.1) is 0 Å². The number of rotatable bonds is 7. The van der Waals surface area contributed by atoms with Crippen LogP contribution in [0.1, 0.15) is 41.3 Å². The minimum absolute atomic E-state index is 0.00292. The lowest BCUT2D eigenvalue weighted by atomic mass is 9.94. The van der Waals surface area contributed by atoms with Gasteiger partial charge in [-0.25, -0.2) is 0 Å². The summed E-state index contributed by atoms with van der Waals surface area (Å²) in [7, 11) is 0. The van der Waals surface area contributed by atoms with E-state index in [1.807, 2.05) is 25.1 Å². The van der Waals surface area contributed by atoms with Crippen LogP contribution in [0, 0.1) is 42.4 Å². The number of anilines is 1. The fraction of sp³-hybridized carbons (Fsp3) is 0.318. The zero-order chi connectivity index (χ0) is 21.6. The maximum atomic E-state index is 12.5. The van der Waals surface area contributed by atoms with E-state index in [9.17, 15) is 19.6 Å². The van der Waals surface area contributed by atoms with Crippen molar-refractivity contribution < 1.29 is 9.59 Å². The number of nitrogens with one attached hydrogen (secondary N) is 2. The number of nitrogens with zero attached hydrogens (tertiary/aromatic N) is 2. The fourth-order valence-corrected chi connectivity index (χ4v) is 3.13. The molecule has 2 aromatic rings. The minimum atomic E-state index is -1.43. The number of aryl methyl sites for hydroxylation is 2. The summed E-state index contributed by atoms with van der Waals surface area (Å²) in [4.78, 5) is 39.3. The van der Waals surface area contributed by atoms with Crippen LogP contribution in [0.5, 0.6) is 0 Å². The molecule has 1 unspecified atom stereocenters. The number of amides is 1. The first kappa shape index (κ1) is 21.6. The molecule has 0 spiro atoms. The van der Waals surface area contributed by atoms with E-state index in [-0.39, 0.29) is 18.4 Å². The predicted molar refractivity (Wildman–Crippen MR) is 108 cm³/mol. The molecule has 1 heterocycles. The number of carbonyl (C=O) groups is 2. The van der Waals surface area contributed by atoms with Crippen molar-refractivity contribution in [1.82, 2.24) is 4.98 Å². The zero-order valence-corrected chi connectivity index (χ0v) is 16.6. The van der Waals surface area contributed by atoms with Crippen molar-refractivity contribution in [3.05, 3.63) is 62.6 Å². The maximum Gasteiger partial charge on any atom is 0.266 e. The predicted octanol–water partition coefficient (Wildman–Crippen LogP) is 2.71. The van der Waals surface area contributed by atoms with Crippen molar-refractivity contribution in [2.45, 2.75) is 40.0 Å². The Hall–Kier alpha value is -3.71. The number of carbonyl (C=O) groups excluding carboxylic acids is 2. The van der Waals surface area contributed by atoms with Gasteiger partial charge in [0.15, 0.2) is 11.7 Å². The van der Waals surface area contributed by atoms with Gasteiger partial charge in [0.05, 0.1) is 6.07 Å². The average molecular weight is 390 g/mol. The first-order chi connectivity index (χ1) is 13.8. The lowest BCUT2D eigenvalue weighted by molar-refractivity contribution is -0.128. The minimum Gasteiger partial charge on any atom is -0.325 e. The van der Waals surface area contributed by atoms with Gasteiger partial charge in [0.25, 0.3) is 5.56 Å². The summed E-state index contributed by atoms with van der Waals surface area (Å²) in [6.45, 7) is 5.35. The second-order valence-corrected chi connectivity index (χ2v) is 6.74. The zero-order valence-electron chi connectivity index (χ0n) is 16.6. The third kappa shape index (κ3) is 4.97. The SMILES string of the molecule is CCc1ccc(NC(=O)C(C#N)C(=O)CCc2c(C)[nH]c(=O)c(C#N)c2C)cc1. The molecule has 0 saturated carbocycles. The highest BCUT2D eigenvalue weighted by Crippen LogP contribution is 2.17. The van der Waals surface area contributed by atoms with Gasteiger partial charge in [0.2, 0.25) is 5.91 Å². The Kier molecular flexibility index (Phi) is 7.05. The van der Waals surface area contributed by atoms with Gasteiger partial charge < -0.3 is 10.3 Å². The fourth-order valence-electron chi connectivity index (χ4n) is 3.13. The highest BCUT2D eigenvalue weighted by molar-refractivity contribution is 6.09. The number of aromatic nitrogens is 1. The van der Waals surface area contributed by atoms with Gasteiger partial charge in [-0.05, 0) is 55.5 Å². The van der Waals surface area contributed by atoms with Crippen LogP contribution < -0.4 is 10.9 Å². The molecule has 148 valence electrons. The van der Waals surface area contributed by atoms with Crippen LogP contribution in [0.3, 0.4) is 0 Å². The number of Topliss-reactive ketones (excluding diaryl/α,β-unsaturated/α-hetero) is 1. The summed E-state index contributed by atoms with van der Waals surface area (Å²) in [6.07, 6.45) is 1.03. The largest absolute Gasteiger partial charge is 0.325 e. The first-order valence-electron chi connectivity index (χ1n) is 9.26. The number of benzene rings is 1. The van der Waals surface area contributed by atoms with Crippen molar-refractivity contribution in [3.63, 3.8) is 0 Å². The van der Waals surface area contributed by atoms with Crippen molar-refractivity contribution in [2.75, 3.05) is 5.32 Å². The van der Waals surface area contributed by atoms with Crippen LogP contribution in [0.25, 0.3) is 0 Å². The van der Waals surface area contributed by atoms with Crippen LogP contribution in [0.15, 0.2) is 29.1 Å². The smallest absolute Gasteiger partial charge is 0.266 e. The molecule has 7 nitrogen and oxygen atoms in total. The molecule has 1 amide bonds. The molecule has 0 saturated heterocycles. The van der Waals surface area contributed by atoms with E-state index in [4.69, 9.17) is 5.26 Å². The van der Waals surface area contributed by atoms with E-state index in [0.717, 1.165) is 12.0 Å². The quantitative estimate of drug-likeness (QED) is 0.703. The van der Waals surface area contributed by atoms with E-state index >= 15 is 0 Å². The monoisotopic (exact) mass is 390 g/mol. The molecule has 2 N–H and O–H groups in total. The van der Waals surface area contributed by atoms with Gasteiger partial charge in [-0.2, -0.15) is 10.5 Å². The van der Waals surface area contributed by atoms with Gasteiger partial charge in [-0.1, -0.05) is 19.1 Å². The van der Waals surface area contributed by atoms with E-state index in [1.165, 1.54) is 0 Å². The lowest BCUT2D eigenvalue weighted by Crippen LogP contribution is -2.29. The number of ketones is 1. The van der Waals surface area contributed by atoms with Gasteiger partial charge in [0.1, 0.15) is 11.6 Å². The molecule has 7 heteroatoms. The molecule has 0 aliphatic rings. The normalized spacial score (nSPS) is 11.2. The first-order valence-corrected chi connectivity index (χ1v) is 9.26. The van der Waals surface area contributed by atoms with Gasteiger partial charge in [-0.3, -0.25) is 14.4 Å². The van der Waals surface area contributed by atoms with Crippen molar-refractivity contribution >= 4 is 17.4 Å². The van der Waals surface area contributed by atoms with Crippen molar-refractivity contribution in [2.24, 2.45) is 5.92 Å². The Bertz CT molecular complexity index is 1070. The summed E-state index contributed by atoms with van der Waals surface area (Å²) in [5, 5.41) is 21.1. The van der Waals surface area contributed by atoms with Crippen LogP contribution in [-0.4, -0.2) is 16.7 Å². The van der Waals surface area contributed by atoms with Crippen molar-refractivity contribution in [1.29, 1.82) is 10.5 Å². The third-order valence-electron chi connectivity index (χ3n) is 4.88. The molecule has 1 atom stereocenters. The Morgan fingerprint density at radius 3 is 2.38 bits per heavy atom. The third-order valence-corrected chi connectivity index (χ3v) is 4.88. The molecule has 0 bridgehead atoms. The summed E-state index contributed by atoms with van der Waals surface area (Å²) in [6, 6.07) is 10.8. The highest BCUT2D eigenvalue weighted by Gasteiger charge is 2.26. The van der Waals surface area contributed by atoms with Crippen molar-refractivity contribution in [3.8, 4) is 12.1 Å². The molecule has 0 radical (unpaired) electrons. The van der Waals surface area contributed by atoms with Crippen LogP contribution in [-0.2, 0) is 22.4 Å². The molecular formula is C22H22N4O3. The van der Waals surface area contributed by atoms with E-state index in [2.05, 4.69) is 10.3 Å². The number of hydrogen-bond acceptors (Lipinski definition) is 5. The molecule has 0 fully saturated rings. The van der Waals surface area contributed by atoms with Crippen LogP contribution >= 0.6 is 0 Å². The summed E-state index contributed by atoms with van der Waals surface area (Å²) in [5.41, 5.74) is 2.90. The molecule has 0 aliphatic heterocycles. The van der Waals surface area contributed by atoms with Gasteiger partial charge >= 0.3 is 0 Å². The molecule has 29 heavy (non-hydrogen) atoms. The second kappa shape index (κ2) is 9.48. The number of pyridine rings is 1. The summed E-state index contributed by atoms with van der Waals surface area (Å²) >= 11 is 0. The number of H-pyrrole nitrogens is 1. The molecular weight excluding hydrogens is 368 g/mol. The summed E-state index contributed by atoms with van der Waals surface area (Å²) in [5.74, 6) is -2.62. The van der Waals surface area contributed by atoms with Gasteiger partial charge in [0, 0.05) is 17.8 Å². The van der Waals surface area contributed by atoms with E-state index in [1.54, 1.807) is 32.0 Å². The topological polar surface area (TPSA) is 127 Å². The van der Waals surface area contributed by atoms with Crippen LogP contribution in [0.4, 0.5) is 5.69 Å². The number of hydrogen-bond donors (Lipinski definition) is 2. The Labute approximate surface area is 169 Å². The Morgan fingerprint density at radius 1 is 1.17 bits per heavy atom. The second-order valence-electron chi connectivity index (χ2n) is 6.74. The molecule has 0 aliphatic carbocycles. The average Bonchev–Trinajstić information content (AvgIpc) is 2.69. The van der Waals surface area contributed by atoms with E-state index in [0.29, 0.717) is 22.5 Å². The molecule has 2 rings (SSSR count). The number of nitriles is 2. The van der Waals surface area contributed by atoms with E-state index < -0.39 is 23.2 Å². The molecule has 1 aromatic heterocycles. The number of aromatic amines is 1. The van der Waals surface area contributed by atoms with Crippen LogP contribution in [0.2, 0.25) is 0 Å². The standard InChI is InChI=1S/C22H22N4O3/c1-4-15-5-7-16(8-6-15)26-22(29)19(12-24)20(27)10-9-17-13(2)18(11-23)21(28)25-14(17)3/h5-8,19H,4,9-10H2,1-3H3,(H,25,28)(H,26,29). The Morgan fingerprint density at radius 2 is 1.83 bits per heavy atom. The highest BCUT2D eigenvalue weighted by atomic mass is 16.2. The lowest BCUT2D eigenvalue weighted by Gasteiger charge is -2.12. The maximum absolute atomic E-state index is 12.5. The Balaban J connectivity index is 2.10. The summed E-state index contributed by atoms with van der Waals surface area (Å²) < 4.78 is 0.